The lowest BCUT2D eigenvalue weighted by atomic mass is 9.79. The van der Waals surface area contributed by atoms with Crippen LogP contribution in [0.3, 0.4) is 0 Å². The average Bonchev–Trinajstić information content (AvgIpc) is 3.53. The molecule has 1 aliphatic carbocycles. The van der Waals surface area contributed by atoms with Crippen LogP contribution in [0.5, 0.6) is 0 Å². The molecule has 0 amide bonds. The summed E-state index contributed by atoms with van der Waals surface area (Å²) in [6, 6.07) is 40.5. The molecule has 8 rings (SSSR count). The number of allylic oxidation sites excluding steroid dienone is 5. The van der Waals surface area contributed by atoms with Gasteiger partial charge in [0.05, 0.1) is 0 Å². The number of aryl methyl sites for hydroxylation is 1. The zero-order valence-electron chi connectivity index (χ0n) is 25.7. The Kier molecular flexibility index (Phi) is 6.05. The van der Waals surface area contributed by atoms with Gasteiger partial charge >= 0.3 is 0 Å². The van der Waals surface area contributed by atoms with Crippen molar-refractivity contribution >= 4 is 64.2 Å². The largest absolute Gasteiger partial charge is 0.135 e. The van der Waals surface area contributed by atoms with Crippen molar-refractivity contribution in [2.24, 2.45) is 0 Å². The standard InChI is InChI=1S/C43H34S/c1-6-27(41-33-18-10-12-21-37(33)43(4,5)36(41)7-2)39-29-16-8-9-17-30(29)40(31-24-23-26(3)25-35(31)39)34-20-14-19-32-28-15-11-13-22-38(28)44-42(32)34/h6-25H,1H2,2-5H3/b36-7+,41-27?. The average molecular weight is 583 g/mol. The lowest BCUT2D eigenvalue weighted by Crippen LogP contribution is -2.15. The van der Waals surface area contributed by atoms with Gasteiger partial charge in [-0.2, -0.15) is 0 Å². The van der Waals surface area contributed by atoms with Gasteiger partial charge in [-0.05, 0) is 80.4 Å². The molecule has 212 valence electrons. The molecule has 0 N–H and O–H groups in total. The lowest BCUT2D eigenvalue weighted by molar-refractivity contribution is 0.660. The summed E-state index contributed by atoms with van der Waals surface area (Å²) in [6.07, 6.45) is 4.41. The predicted octanol–water partition coefficient (Wildman–Crippen LogP) is 12.7. The molecule has 0 nitrogen and oxygen atoms in total. The molecule has 0 unspecified atom stereocenters. The van der Waals surface area contributed by atoms with E-state index in [9.17, 15) is 0 Å². The maximum atomic E-state index is 4.47. The number of benzene rings is 6. The summed E-state index contributed by atoms with van der Waals surface area (Å²) in [5.41, 5.74) is 11.6. The number of thiophene rings is 1. The van der Waals surface area contributed by atoms with E-state index in [4.69, 9.17) is 0 Å². The maximum Gasteiger partial charge on any atom is 0.0434 e. The summed E-state index contributed by atoms with van der Waals surface area (Å²) >= 11 is 1.90. The van der Waals surface area contributed by atoms with Crippen molar-refractivity contribution in [2.45, 2.75) is 33.1 Å². The number of rotatable bonds is 3. The molecule has 0 fully saturated rings. The van der Waals surface area contributed by atoms with E-state index >= 15 is 0 Å². The van der Waals surface area contributed by atoms with Gasteiger partial charge in [0, 0.05) is 31.2 Å². The molecule has 0 saturated heterocycles. The normalized spacial score (nSPS) is 16.3. The lowest BCUT2D eigenvalue weighted by Gasteiger charge is -2.24. The third-order valence-electron chi connectivity index (χ3n) is 9.70. The van der Waals surface area contributed by atoms with Gasteiger partial charge < -0.3 is 0 Å². The van der Waals surface area contributed by atoms with Crippen LogP contribution in [0, 0.1) is 6.92 Å². The fourth-order valence-electron chi connectivity index (χ4n) is 7.79. The Bertz CT molecular complexity index is 2390. The molecule has 1 heteroatoms. The molecule has 1 aromatic heterocycles. The summed E-state index contributed by atoms with van der Waals surface area (Å²) in [6.45, 7) is 13.6. The smallest absolute Gasteiger partial charge is 0.0434 e. The Morgan fingerprint density at radius 1 is 0.682 bits per heavy atom. The Labute approximate surface area is 263 Å². The first-order valence-electron chi connectivity index (χ1n) is 15.4. The summed E-state index contributed by atoms with van der Waals surface area (Å²) in [5, 5.41) is 7.75. The maximum absolute atomic E-state index is 4.47. The second-order valence-electron chi connectivity index (χ2n) is 12.5. The Balaban J connectivity index is 1.56. The van der Waals surface area contributed by atoms with Crippen molar-refractivity contribution in [1.82, 2.24) is 0 Å². The number of hydrogen-bond donors (Lipinski definition) is 0. The van der Waals surface area contributed by atoms with Crippen molar-refractivity contribution in [1.29, 1.82) is 0 Å². The van der Waals surface area contributed by atoms with Crippen molar-refractivity contribution in [3.8, 4) is 11.1 Å². The van der Waals surface area contributed by atoms with Crippen LogP contribution in [-0.2, 0) is 5.41 Å². The van der Waals surface area contributed by atoms with Crippen LogP contribution in [0.25, 0.3) is 64.0 Å². The molecular weight excluding hydrogens is 549 g/mol. The van der Waals surface area contributed by atoms with Gasteiger partial charge in [-0.25, -0.2) is 0 Å². The third-order valence-corrected chi connectivity index (χ3v) is 10.9. The van der Waals surface area contributed by atoms with Gasteiger partial charge in [0.15, 0.2) is 0 Å². The van der Waals surface area contributed by atoms with Gasteiger partial charge in [0.2, 0.25) is 0 Å². The molecule has 0 spiro atoms. The fraction of sp³-hybridized carbons (Fsp3) is 0.116. The molecule has 1 heterocycles. The van der Waals surface area contributed by atoms with E-state index in [0.29, 0.717) is 0 Å². The minimum absolute atomic E-state index is 0.0901. The third kappa shape index (κ3) is 3.69. The second-order valence-corrected chi connectivity index (χ2v) is 13.5. The number of hydrogen-bond acceptors (Lipinski definition) is 1. The molecule has 0 bridgehead atoms. The van der Waals surface area contributed by atoms with E-state index < -0.39 is 0 Å². The van der Waals surface area contributed by atoms with E-state index in [1.807, 2.05) is 11.3 Å². The molecule has 7 aromatic rings. The molecule has 0 atom stereocenters. The van der Waals surface area contributed by atoms with Crippen molar-refractivity contribution in [3.05, 3.63) is 156 Å². The molecule has 6 aromatic carbocycles. The molecule has 44 heavy (non-hydrogen) atoms. The van der Waals surface area contributed by atoms with Crippen LogP contribution < -0.4 is 0 Å². The zero-order valence-corrected chi connectivity index (χ0v) is 26.5. The van der Waals surface area contributed by atoms with Crippen molar-refractivity contribution in [2.75, 3.05) is 0 Å². The monoisotopic (exact) mass is 582 g/mol. The van der Waals surface area contributed by atoms with E-state index in [1.54, 1.807) is 0 Å². The minimum Gasteiger partial charge on any atom is -0.135 e. The summed E-state index contributed by atoms with van der Waals surface area (Å²) in [7, 11) is 0. The van der Waals surface area contributed by atoms with E-state index in [-0.39, 0.29) is 5.41 Å². The topological polar surface area (TPSA) is 0 Å². The van der Waals surface area contributed by atoms with Crippen LogP contribution in [0.1, 0.15) is 43.0 Å². The van der Waals surface area contributed by atoms with Gasteiger partial charge in [0.25, 0.3) is 0 Å². The predicted molar refractivity (Wildman–Crippen MR) is 195 cm³/mol. The van der Waals surface area contributed by atoms with E-state index in [0.717, 1.165) is 0 Å². The summed E-state index contributed by atoms with van der Waals surface area (Å²) in [4.78, 5) is 0. The van der Waals surface area contributed by atoms with Gasteiger partial charge in [0.1, 0.15) is 0 Å². The van der Waals surface area contributed by atoms with Crippen LogP contribution in [-0.4, -0.2) is 0 Å². The highest BCUT2D eigenvalue weighted by Gasteiger charge is 2.39. The van der Waals surface area contributed by atoms with Crippen LogP contribution in [0.15, 0.2) is 133 Å². The zero-order chi connectivity index (χ0) is 30.2. The Hall–Kier alpha value is -4.72. The van der Waals surface area contributed by atoms with E-state index in [1.165, 1.54) is 91.8 Å². The summed E-state index contributed by atoms with van der Waals surface area (Å²) < 4.78 is 2.68. The Morgan fingerprint density at radius 3 is 2.14 bits per heavy atom. The molecule has 0 aliphatic heterocycles. The minimum atomic E-state index is -0.0901. The first-order chi connectivity index (χ1) is 21.4. The molecular formula is C43H34S. The van der Waals surface area contributed by atoms with Crippen LogP contribution in [0.2, 0.25) is 0 Å². The van der Waals surface area contributed by atoms with Gasteiger partial charge in [-0.3, -0.25) is 0 Å². The SMILES string of the molecule is C=CC(=C1/C(=C\C)C(C)(C)c2ccccc21)c1c2ccccc2c(-c2cccc3c2sc2ccccc23)c2ccc(C)cc12. The van der Waals surface area contributed by atoms with Crippen molar-refractivity contribution in [3.63, 3.8) is 0 Å². The first kappa shape index (κ1) is 26.9. The highest BCUT2D eigenvalue weighted by molar-refractivity contribution is 7.26. The van der Waals surface area contributed by atoms with Crippen LogP contribution >= 0.6 is 11.3 Å². The quantitative estimate of drug-likeness (QED) is 0.182. The number of fused-ring (bicyclic) bond motifs is 6. The highest BCUT2D eigenvalue weighted by atomic mass is 32.1. The van der Waals surface area contributed by atoms with E-state index in [2.05, 4.69) is 156 Å². The van der Waals surface area contributed by atoms with Crippen LogP contribution in [0.4, 0.5) is 0 Å². The summed E-state index contributed by atoms with van der Waals surface area (Å²) in [5.74, 6) is 0. The van der Waals surface area contributed by atoms with Gasteiger partial charge in [-0.15, -0.1) is 11.3 Å². The first-order valence-corrected chi connectivity index (χ1v) is 16.3. The highest BCUT2D eigenvalue weighted by Crippen LogP contribution is 2.54. The fourth-order valence-corrected chi connectivity index (χ4v) is 9.01. The Morgan fingerprint density at radius 2 is 1.34 bits per heavy atom. The molecule has 0 saturated carbocycles. The second kappa shape index (κ2) is 9.91. The van der Waals surface area contributed by atoms with Crippen molar-refractivity contribution < 1.29 is 0 Å². The molecule has 0 radical (unpaired) electrons. The molecule has 1 aliphatic rings. The van der Waals surface area contributed by atoms with Gasteiger partial charge in [-0.1, -0.05) is 141 Å².